The fourth-order valence-corrected chi connectivity index (χ4v) is 1.56. The van der Waals surface area contributed by atoms with Crippen molar-refractivity contribution in [3.05, 3.63) is 35.4 Å². The van der Waals surface area contributed by atoms with E-state index in [1.807, 2.05) is 6.92 Å². The molecular formula is C13H16ClF2NO. The lowest BCUT2D eigenvalue weighted by atomic mass is 10.1. The predicted molar refractivity (Wildman–Crippen MR) is 67.6 cm³/mol. The second-order valence-corrected chi connectivity index (χ2v) is 5.04. The van der Waals surface area contributed by atoms with E-state index in [2.05, 4.69) is 0 Å². The molecule has 1 aromatic rings. The molecule has 0 aliphatic rings. The van der Waals surface area contributed by atoms with Crippen LogP contribution in [0.1, 0.15) is 18.9 Å². The van der Waals surface area contributed by atoms with Crippen molar-refractivity contribution < 1.29 is 13.6 Å². The SMILES string of the molecule is CC(Cl)CCN(C)C(=O)Cc1ccc(F)cc1F. The van der Waals surface area contributed by atoms with Crippen molar-refractivity contribution in [1.29, 1.82) is 0 Å². The van der Waals surface area contributed by atoms with Crippen LogP contribution in [-0.2, 0) is 11.2 Å². The summed E-state index contributed by atoms with van der Waals surface area (Å²) < 4.78 is 26.1. The number of nitrogens with zero attached hydrogens (tertiary/aromatic N) is 1. The van der Waals surface area contributed by atoms with Crippen molar-refractivity contribution in [3.63, 3.8) is 0 Å². The second kappa shape index (κ2) is 6.69. The van der Waals surface area contributed by atoms with Gasteiger partial charge in [0, 0.05) is 25.0 Å². The molecule has 0 fully saturated rings. The number of halogens is 3. The molecular weight excluding hydrogens is 260 g/mol. The summed E-state index contributed by atoms with van der Waals surface area (Å²) in [6.45, 7) is 2.37. The van der Waals surface area contributed by atoms with E-state index in [-0.39, 0.29) is 23.3 Å². The van der Waals surface area contributed by atoms with E-state index >= 15 is 0 Å². The van der Waals surface area contributed by atoms with E-state index in [1.54, 1.807) is 7.05 Å². The van der Waals surface area contributed by atoms with Crippen LogP contribution in [-0.4, -0.2) is 29.8 Å². The fourth-order valence-electron chi connectivity index (χ4n) is 1.46. The average Bonchev–Trinajstić information content (AvgIpc) is 2.29. The van der Waals surface area contributed by atoms with Crippen LogP contribution in [0.4, 0.5) is 8.78 Å². The minimum absolute atomic E-state index is 0.0113. The standard InChI is InChI=1S/C13H16ClF2NO/c1-9(14)5-6-17(2)13(18)7-10-3-4-11(15)8-12(10)16/h3-4,8-9H,5-7H2,1-2H3. The maximum Gasteiger partial charge on any atom is 0.226 e. The Labute approximate surface area is 111 Å². The average molecular weight is 276 g/mol. The molecule has 2 nitrogen and oxygen atoms in total. The molecule has 0 spiro atoms. The van der Waals surface area contributed by atoms with Gasteiger partial charge in [-0.2, -0.15) is 0 Å². The van der Waals surface area contributed by atoms with Gasteiger partial charge >= 0.3 is 0 Å². The zero-order valence-corrected chi connectivity index (χ0v) is 11.2. The van der Waals surface area contributed by atoms with Crippen molar-refractivity contribution in [2.24, 2.45) is 0 Å². The van der Waals surface area contributed by atoms with E-state index in [0.717, 1.165) is 12.1 Å². The van der Waals surface area contributed by atoms with Gasteiger partial charge in [0.15, 0.2) is 0 Å². The van der Waals surface area contributed by atoms with Crippen molar-refractivity contribution in [1.82, 2.24) is 4.90 Å². The molecule has 0 N–H and O–H groups in total. The number of hydrogen-bond donors (Lipinski definition) is 0. The number of carbonyl (C=O) groups is 1. The molecule has 0 aromatic heterocycles. The molecule has 1 rings (SSSR count). The minimum Gasteiger partial charge on any atom is -0.345 e. The first-order chi connectivity index (χ1) is 8.40. The number of alkyl halides is 1. The van der Waals surface area contributed by atoms with Crippen LogP contribution in [0.5, 0.6) is 0 Å². The molecule has 0 aliphatic carbocycles. The highest BCUT2D eigenvalue weighted by atomic mass is 35.5. The molecule has 0 saturated carbocycles. The van der Waals surface area contributed by atoms with Gasteiger partial charge < -0.3 is 4.90 Å². The maximum absolute atomic E-state index is 13.4. The third-order valence-electron chi connectivity index (χ3n) is 2.64. The van der Waals surface area contributed by atoms with Crippen molar-refractivity contribution in [2.45, 2.75) is 25.1 Å². The van der Waals surface area contributed by atoms with Gasteiger partial charge in [-0.1, -0.05) is 6.07 Å². The van der Waals surface area contributed by atoms with Crippen LogP contribution in [0.15, 0.2) is 18.2 Å². The van der Waals surface area contributed by atoms with Crippen molar-refractivity contribution in [3.8, 4) is 0 Å². The highest BCUT2D eigenvalue weighted by Crippen LogP contribution is 2.11. The van der Waals surface area contributed by atoms with Gasteiger partial charge in [0.05, 0.1) is 6.42 Å². The lowest BCUT2D eigenvalue weighted by Crippen LogP contribution is -2.30. The van der Waals surface area contributed by atoms with Crippen LogP contribution in [0, 0.1) is 11.6 Å². The highest BCUT2D eigenvalue weighted by Gasteiger charge is 2.13. The van der Waals surface area contributed by atoms with Gasteiger partial charge in [-0.3, -0.25) is 4.79 Å². The Hall–Kier alpha value is -1.16. The van der Waals surface area contributed by atoms with E-state index in [0.29, 0.717) is 13.0 Å². The summed E-state index contributed by atoms with van der Waals surface area (Å²) in [6, 6.07) is 3.22. The van der Waals surface area contributed by atoms with E-state index in [4.69, 9.17) is 11.6 Å². The summed E-state index contributed by atoms with van der Waals surface area (Å²) in [6.07, 6.45) is 0.606. The molecule has 0 aliphatic heterocycles. The monoisotopic (exact) mass is 275 g/mol. The second-order valence-electron chi connectivity index (χ2n) is 4.30. The normalized spacial score (nSPS) is 12.3. The molecule has 5 heteroatoms. The van der Waals surface area contributed by atoms with Gasteiger partial charge in [-0.05, 0) is 25.0 Å². The summed E-state index contributed by atoms with van der Waals surface area (Å²) in [5.41, 5.74) is 0.201. The summed E-state index contributed by atoms with van der Waals surface area (Å²) in [4.78, 5) is 13.3. The molecule has 100 valence electrons. The Bertz CT molecular complexity index is 423. The predicted octanol–water partition coefficient (Wildman–Crippen LogP) is 2.98. The van der Waals surface area contributed by atoms with Crippen LogP contribution in [0.3, 0.4) is 0 Å². The van der Waals surface area contributed by atoms with Crippen molar-refractivity contribution in [2.75, 3.05) is 13.6 Å². The molecule has 0 radical (unpaired) electrons. The lowest BCUT2D eigenvalue weighted by molar-refractivity contribution is -0.129. The summed E-state index contributed by atoms with van der Waals surface area (Å²) >= 11 is 5.79. The van der Waals surface area contributed by atoms with Crippen LogP contribution in [0.25, 0.3) is 0 Å². The number of hydrogen-bond acceptors (Lipinski definition) is 1. The van der Waals surface area contributed by atoms with Crippen LogP contribution >= 0.6 is 11.6 Å². The zero-order valence-electron chi connectivity index (χ0n) is 10.4. The zero-order chi connectivity index (χ0) is 13.7. The van der Waals surface area contributed by atoms with Gasteiger partial charge in [0.1, 0.15) is 11.6 Å². The lowest BCUT2D eigenvalue weighted by Gasteiger charge is -2.18. The molecule has 1 amide bonds. The smallest absolute Gasteiger partial charge is 0.226 e. The molecule has 1 aromatic carbocycles. The van der Waals surface area contributed by atoms with E-state index < -0.39 is 11.6 Å². The Kier molecular flexibility index (Phi) is 5.54. The maximum atomic E-state index is 13.4. The van der Waals surface area contributed by atoms with E-state index in [1.165, 1.54) is 11.0 Å². The molecule has 1 atom stereocenters. The highest BCUT2D eigenvalue weighted by molar-refractivity contribution is 6.20. The van der Waals surface area contributed by atoms with Gasteiger partial charge in [-0.15, -0.1) is 11.6 Å². The number of likely N-dealkylation sites (N-methyl/N-ethyl adjacent to an activating group) is 1. The number of amides is 1. The summed E-state index contributed by atoms with van der Waals surface area (Å²) in [5.74, 6) is -1.55. The molecule has 0 saturated heterocycles. The topological polar surface area (TPSA) is 20.3 Å². The van der Waals surface area contributed by atoms with Crippen molar-refractivity contribution >= 4 is 17.5 Å². The quantitative estimate of drug-likeness (QED) is 0.757. The Morgan fingerprint density at radius 3 is 2.67 bits per heavy atom. The molecule has 1 unspecified atom stereocenters. The third-order valence-corrected chi connectivity index (χ3v) is 2.86. The first kappa shape index (κ1) is 14.9. The fraction of sp³-hybridized carbons (Fsp3) is 0.462. The van der Waals surface area contributed by atoms with Gasteiger partial charge in [-0.25, -0.2) is 8.78 Å². The first-order valence-electron chi connectivity index (χ1n) is 5.72. The Balaban J connectivity index is 2.58. The molecule has 0 bridgehead atoms. The number of rotatable bonds is 5. The Morgan fingerprint density at radius 1 is 1.44 bits per heavy atom. The number of benzene rings is 1. The minimum atomic E-state index is -0.692. The van der Waals surface area contributed by atoms with Gasteiger partial charge in [0.25, 0.3) is 0 Å². The first-order valence-corrected chi connectivity index (χ1v) is 6.15. The summed E-state index contributed by atoms with van der Waals surface area (Å²) in [7, 11) is 1.64. The Morgan fingerprint density at radius 2 is 2.11 bits per heavy atom. The third kappa shape index (κ3) is 4.61. The van der Waals surface area contributed by atoms with Crippen LogP contribution in [0.2, 0.25) is 0 Å². The largest absolute Gasteiger partial charge is 0.345 e. The van der Waals surface area contributed by atoms with Gasteiger partial charge in [0.2, 0.25) is 5.91 Å². The van der Waals surface area contributed by atoms with E-state index in [9.17, 15) is 13.6 Å². The molecule has 18 heavy (non-hydrogen) atoms. The number of carbonyl (C=O) groups excluding carboxylic acids is 1. The van der Waals surface area contributed by atoms with Crippen LogP contribution < -0.4 is 0 Å². The molecule has 0 heterocycles. The summed E-state index contributed by atoms with van der Waals surface area (Å²) in [5, 5.41) is -0.0113.